The van der Waals surface area contributed by atoms with Crippen molar-refractivity contribution in [2.45, 2.75) is 108 Å². The van der Waals surface area contributed by atoms with Crippen molar-refractivity contribution in [3.63, 3.8) is 0 Å². The normalized spacial score (nSPS) is 14.1. The molecule has 6 aromatic heterocycles. The number of alkyl halides is 2. The molecule has 8 aromatic rings. The van der Waals surface area contributed by atoms with Crippen LogP contribution in [0.4, 0.5) is 11.9 Å². The van der Waals surface area contributed by atoms with Gasteiger partial charge in [-0.2, -0.15) is 10.2 Å². The predicted octanol–water partition coefficient (Wildman–Crippen LogP) is 5.89. The summed E-state index contributed by atoms with van der Waals surface area (Å²) in [6.07, 6.45) is 1.39. The third-order valence-corrected chi connectivity index (χ3v) is 14.2. The molecule has 0 unspecified atom stereocenters. The van der Waals surface area contributed by atoms with Crippen molar-refractivity contribution in [2.24, 2.45) is 0 Å². The van der Waals surface area contributed by atoms with Gasteiger partial charge < -0.3 is 39.8 Å². The van der Waals surface area contributed by atoms with Gasteiger partial charge in [0.1, 0.15) is 17.0 Å². The fourth-order valence-electron chi connectivity index (χ4n) is 7.50. The molecule has 1 aliphatic rings. The molecule has 2 aromatic carbocycles. The third kappa shape index (κ3) is 10.00. The van der Waals surface area contributed by atoms with E-state index < -0.39 is 0 Å². The number of halogens is 2. The van der Waals surface area contributed by atoms with Crippen molar-refractivity contribution < 1.29 is 39.6 Å². The number of anilines is 2. The van der Waals surface area contributed by atoms with E-state index in [1.165, 1.54) is 10.8 Å². The Labute approximate surface area is 392 Å². The molecule has 0 bridgehead atoms. The summed E-state index contributed by atoms with van der Waals surface area (Å²) >= 11 is 2.86. The van der Waals surface area contributed by atoms with E-state index in [0.717, 1.165) is 110 Å². The molecule has 1 saturated heterocycles. The smallest absolute Gasteiger partial charge is 0.399 e. The first kappa shape index (κ1) is 47.7. The number of aryl methyl sites for hydroxylation is 8. The summed E-state index contributed by atoms with van der Waals surface area (Å²) in [7, 11) is -0.316. The molecular weight excluding hydrogens is 1030 g/mol. The molecule has 9 rings (SSSR count). The van der Waals surface area contributed by atoms with Crippen molar-refractivity contribution in [2.75, 3.05) is 20.8 Å². The maximum Gasteiger partial charge on any atom is 0.498 e. The van der Waals surface area contributed by atoms with Gasteiger partial charge in [-0.25, -0.2) is 9.97 Å². The SMILES string of the molecule is CCC[I-]C.Cc1n[nH]c(C)c1-c1cc(-c2c(C)noc2C)cc2[nH]c(N)nc12.Cc1n[nH]c(C)c1B1OC(C)(C)C(C)(C)O1.Cc1noc(C)c1-c1cc(I)c2nc(N)[nH]c2c1. The van der Waals surface area contributed by atoms with Gasteiger partial charge in [0.2, 0.25) is 0 Å². The number of nitrogens with two attached hydrogens (primary N) is 2. The Morgan fingerprint density at radius 3 is 1.59 bits per heavy atom. The van der Waals surface area contributed by atoms with E-state index in [2.05, 4.69) is 125 Å². The number of hydrogen-bond acceptors (Lipinski definition) is 12. The Kier molecular flexibility index (Phi) is 14.5. The largest absolute Gasteiger partial charge is 0.498 e. The van der Waals surface area contributed by atoms with Crippen LogP contribution in [-0.4, -0.2) is 78.3 Å². The second-order valence-corrected chi connectivity index (χ2v) is 20.4. The zero-order valence-electron chi connectivity index (χ0n) is 38.5. The predicted molar refractivity (Wildman–Crippen MR) is 256 cm³/mol. The molecule has 1 fully saturated rings. The maximum atomic E-state index is 5.99. The van der Waals surface area contributed by atoms with Crippen molar-refractivity contribution in [3.8, 4) is 33.4 Å². The minimum Gasteiger partial charge on any atom is -0.399 e. The van der Waals surface area contributed by atoms with E-state index in [-0.39, 0.29) is 18.3 Å². The van der Waals surface area contributed by atoms with E-state index in [9.17, 15) is 0 Å². The zero-order chi connectivity index (χ0) is 46.1. The van der Waals surface area contributed by atoms with E-state index in [1.54, 1.807) is 0 Å². The summed E-state index contributed by atoms with van der Waals surface area (Å²) in [5.41, 5.74) is 27.3. The van der Waals surface area contributed by atoms with Gasteiger partial charge in [-0.15, -0.1) is 0 Å². The summed E-state index contributed by atoms with van der Waals surface area (Å²) in [5.74, 6) is 2.42. The van der Waals surface area contributed by atoms with Gasteiger partial charge in [0.05, 0.1) is 50.5 Å². The molecule has 1 aliphatic heterocycles. The monoisotopic (exact) mass is 1080 g/mol. The molecule has 19 heteroatoms. The van der Waals surface area contributed by atoms with Crippen molar-refractivity contribution in [1.82, 2.24) is 50.6 Å². The topological polar surface area (TPSA) is 237 Å². The third-order valence-electron chi connectivity index (χ3n) is 11.3. The van der Waals surface area contributed by atoms with Crippen LogP contribution < -0.4 is 38.1 Å². The quantitative estimate of drug-likeness (QED) is 0.0650. The fraction of sp³-hybridized carbons (Fsp3) is 0.409. The Balaban J connectivity index is 0.000000152. The van der Waals surface area contributed by atoms with Gasteiger partial charge >= 0.3 is 51.0 Å². The van der Waals surface area contributed by atoms with E-state index >= 15 is 0 Å². The molecule has 8 N–H and O–H groups in total. The van der Waals surface area contributed by atoms with Crippen molar-refractivity contribution in [3.05, 3.63) is 73.5 Å². The molecular formula is C44H58BI2N12O4-. The van der Waals surface area contributed by atoms with Crippen LogP contribution in [-0.2, 0) is 9.31 Å². The number of rotatable bonds is 6. The summed E-state index contributed by atoms with van der Waals surface area (Å²) in [6.45, 7) is 26.1. The number of H-pyrrole nitrogens is 4. The summed E-state index contributed by atoms with van der Waals surface area (Å²) in [5, 5.41) is 22.5. The number of imidazole rings is 2. The molecule has 0 amide bonds. The van der Waals surface area contributed by atoms with Crippen LogP contribution in [0.15, 0.2) is 33.3 Å². The van der Waals surface area contributed by atoms with Crippen LogP contribution >= 0.6 is 22.6 Å². The van der Waals surface area contributed by atoms with Crippen LogP contribution in [0, 0.1) is 59.0 Å². The molecule has 0 spiro atoms. The van der Waals surface area contributed by atoms with Crippen molar-refractivity contribution in [1.29, 1.82) is 0 Å². The van der Waals surface area contributed by atoms with Crippen LogP contribution in [0.25, 0.3) is 55.4 Å². The van der Waals surface area contributed by atoms with E-state index in [4.69, 9.17) is 29.8 Å². The van der Waals surface area contributed by atoms with Crippen LogP contribution in [0.3, 0.4) is 0 Å². The average molecular weight is 1080 g/mol. The van der Waals surface area contributed by atoms with Gasteiger partial charge in [-0.3, -0.25) is 10.2 Å². The first-order valence-electron chi connectivity index (χ1n) is 20.6. The van der Waals surface area contributed by atoms with Crippen LogP contribution in [0.5, 0.6) is 0 Å². The Bertz CT molecular complexity index is 2770. The van der Waals surface area contributed by atoms with Gasteiger partial charge in [0.15, 0.2) is 11.9 Å². The first-order valence-corrected chi connectivity index (χ1v) is 25.4. The van der Waals surface area contributed by atoms with Gasteiger partial charge in [-0.05, 0) is 141 Å². The number of aromatic amines is 4. The summed E-state index contributed by atoms with van der Waals surface area (Å²) < 4.78 is 25.1. The number of nitrogen functional groups attached to an aromatic ring is 2. The maximum absolute atomic E-state index is 5.99. The molecule has 0 aliphatic carbocycles. The number of benzene rings is 2. The number of nitrogens with zero attached hydrogens (tertiary/aromatic N) is 6. The molecule has 0 radical (unpaired) electrons. The standard InChI is InChI=1S/C17H18N6O.C12H11IN4O.C11H19BN2O2.C4H10I/c1-7-14(8(2)22-21-7)12-5-11(15-9(3)23-24-10(15)4)6-13-16(12)20-17(18)19-13;1-5-10(6(2)18-17-5)7-3-8(13)11-9(4-7)15-12(14)16-11;1-7-9(8(2)14-13-7)12-15-10(3,4)11(5,6)16-12;1-3-4-5-2/h5-6H,1-4H3,(H,21,22)(H3,18,19,20);3-4H,1-2H3,(H3,14,15,16);1-6H3,(H,13,14);3-4H2,1-2H3/q;;;-1. The van der Waals surface area contributed by atoms with Gasteiger partial charge in [-0.1, -0.05) is 10.3 Å². The molecule has 16 nitrogen and oxygen atoms in total. The van der Waals surface area contributed by atoms with Crippen LogP contribution in [0.1, 0.15) is 86.7 Å². The molecule has 0 saturated carbocycles. The van der Waals surface area contributed by atoms with E-state index in [1.807, 2.05) is 67.5 Å². The minimum atomic E-state index is -0.316. The number of aromatic nitrogens is 10. The first-order chi connectivity index (χ1) is 29.7. The van der Waals surface area contributed by atoms with Crippen LogP contribution in [0.2, 0.25) is 0 Å². The Morgan fingerprint density at radius 2 is 1.16 bits per heavy atom. The van der Waals surface area contributed by atoms with E-state index in [0.29, 0.717) is 33.1 Å². The number of hydrogen-bond donors (Lipinski definition) is 6. The number of nitrogens with one attached hydrogen (secondary N) is 4. The zero-order valence-corrected chi connectivity index (χ0v) is 42.8. The Morgan fingerprint density at radius 1 is 0.667 bits per heavy atom. The average Bonchev–Trinajstić information content (AvgIpc) is 4.07. The second-order valence-electron chi connectivity index (χ2n) is 16.6. The molecule has 63 heavy (non-hydrogen) atoms. The fourth-order valence-corrected chi connectivity index (χ4v) is 9.33. The molecule has 0 atom stereocenters. The number of fused-ring (bicyclic) bond motifs is 2. The Hall–Kier alpha value is -4.74. The summed E-state index contributed by atoms with van der Waals surface area (Å²) in [4.78, 5) is 17.2. The minimum absolute atomic E-state index is 0.298. The van der Waals surface area contributed by atoms with Gasteiger partial charge in [0.25, 0.3) is 0 Å². The molecule has 7 heterocycles. The second kappa shape index (κ2) is 19.2. The van der Waals surface area contributed by atoms with Gasteiger partial charge in [0, 0.05) is 42.7 Å². The van der Waals surface area contributed by atoms with Crippen molar-refractivity contribution >= 4 is 69.1 Å². The molecule has 336 valence electrons. The summed E-state index contributed by atoms with van der Waals surface area (Å²) in [6, 6.07) is 8.21.